The zero-order valence-corrected chi connectivity index (χ0v) is 6.65. The summed E-state index contributed by atoms with van der Waals surface area (Å²) in [5.41, 5.74) is 0. The second-order valence-corrected chi connectivity index (χ2v) is 3.21. The first-order valence-electron chi connectivity index (χ1n) is 2.81. The molecule has 0 bridgehead atoms. The van der Waals surface area contributed by atoms with Crippen molar-refractivity contribution < 1.29 is 0 Å². The third-order valence-electron chi connectivity index (χ3n) is 1.29. The lowest BCUT2D eigenvalue weighted by Gasteiger charge is -2.14. The van der Waals surface area contributed by atoms with Crippen LogP contribution in [0.3, 0.4) is 0 Å². The van der Waals surface area contributed by atoms with Crippen LogP contribution in [0.5, 0.6) is 0 Å². The fourth-order valence-corrected chi connectivity index (χ4v) is 0.957. The maximum absolute atomic E-state index is 8.53. The Morgan fingerprint density at radius 3 is 2.80 bits per heavy atom. The second-order valence-electron chi connectivity index (χ2n) is 2.10. The summed E-state index contributed by atoms with van der Waals surface area (Å²) in [6.07, 6.45) is 5.47. The number of nitrogens with zero attached hydrogens (tertiary/aromatic N) is 1. The molecule has 0 spiro atoms. The van der Waals surface area contributed by atoms with Crippen molar-refractivity contribution in [2.75, 3.05) is 0 Å². The summed E-state index contributed by atoms with van der Waals surface area (Å²) in [5.74, 6) is 0. The zero-order valence-electron chi connectivity index (χ0n) is 5.14. The van der Waals surface area contributed by atoms with Crippen LogP contribution in [0.4, 0.5) is 0 Å². The largest absolute Gasteiger partial charge is 0.196 e. The molecule has 52 valence electrons. The Bertz CT molecular complexity index is 236. The predicted octanol–water partition coefficient (Wildman–Crippen LogP) is 2.57. The van der Waals surface area contributed by atoms with E-state index in [4.69, 9.17) is 28.5 Å². The van der Waals surface area contributed by atoms with E-state index < -0.39 is 4.87 Å². The predicted molar refractivity (Wildman–Crippen MR) is 41.9 cm³/mol. The van der Waals surface area contributed by atoms with Gasteiger partial charge in [-0.2, -0.15) is 5.26 Å². The lowest BCUT2D eigenvalue weighted by Crippen LogP contribution is -2.15. The molecule has 0 N–H and O–H groups in total. The Morgan fingerprint density at radius 2 is 2.40 bits per heavy atom. The third kappa shape index (κ3) is 1.53. The Hall–Kier alpha value is -0.450. The highest BCUT2D eigenvalue weighted by Gasteiger charge is 2.23. The van der Waals surface area contributed by atoms with Crippen molar-refractivity contribution in [1.29, 1.82) is 5.26 Å². The number of allylic oxidation sites excluding steroid dienone is 4. The quantitative estimate of drug-likeness (QED) is 0.517. The summed E-state index contributed by atoms with van der Waals surface area (Å²) in [6.45, 7) is 0. The fourth-order valence-electron chi connectivity index (χ4n) is 0.677. The minimum absolute atomic E-state index is 0.486. The van der Waals surface area contributed by atoms with Gasteiger partial charge in [-0.1, -0.05) is 29.3 Å². The molecule has 0 fully saturated rings. The van der Waals surface area contributed by atoms with Gasteiger partial charge in [-0.15, -0.1) is 0 Å². The summed E-state index contributed by atoms with van der Waals surface area (Å²) in [6, 6.07) is 1.98. The molecule has 1 rings (SSSR count). The molecule has 0 saturated heterocycles. The zero-order chi connectivity index (χ0) is 7.61. The molecule has 0 radical (unpaired) electrons. The molecule has 1 atom stereocenters. The number of alkyl halides is 1. The van der Waals surface area contributed by atoms with E-state index in [9.17, 15) is 0 Å². The van der Waals surface area contributed by atoms with Crippen molar-refractivity contribution in [3.8, 4) is 6.07 Å². The molecule has 3 heteroatoms. The van der Waals surface area contributed by atoms with Gasteiger partial charge in [0.05, 0.1) is 6.07 Å². The highest BCUT2D eigenvalue weighted by Crippen LogP contribution is 2.27. The first kappa shape index (κ1) is 7.65. The average molecular weight is 174 g/mol. The molecule has 1 aliphatic carbocycles. The van der Waals surface area contributed by atoms with Crippen LogP contribution in [0.25, 0.3) is 0 Å². The van der Waals surface area contributed by atoms with E-state index in [1.54, 1.807) is 18.2 Å². The van der Waals surface area contributed by atoms with Gasteiger partial charge in [0.2, 0.25) is 0 Å². The molecule has 0 aromatic rings. The molecule has 1 unspecified atom stereocenters. The summed E-state index contributed by atoms with van der Waals surface area (Å²) >= 11 is 11.4. The maximum Gasteiger partial charge on any atom is 0.152 e. The van der Waals surface area contributed by atoms with Gasteiger partial charge in [0.15, 0.2) is 4.87 Å². The van der Waals surface area contributed by atoms with Crippen LogP contribution in [-0.4, -0.2) is 4.87 Å². The molecule has 1 nitrogen and oxygen atoms in total. The van der Waals surface area contributed by atoms with Gasteiger partial charge in [-0.05, 0) is 12.2 Å². The molecule has 0 amide bonds. The van der Waals surface area contributed by atoms with Crippen LogP contribution < -0.4 is 0 Å². The first-order valence-corrected chi connectivity index (χ1v) is 3.57. The van der Waals surface area contributed by atoms with E-state index in [2.05, 4.69) is 0 Å². The van der Waals surface area contributed by atoms with E-state index in [1.165, 1.54) is 0 Å². The number of rotatable bonds is 0. The van der Waals surface area contributed by atoms with Gasteiger partial charge in [0.1, 0.15) is 0 Å². The SMILES string of the molecule is N#CC1(Cl)C=CC(Cl)=CC1. The summed E-state index contributed by atoms with van der Waals surface area (Å²) in [7, 11) is 0. The Kier molecular flexibility index (Phi) is 2.03. The van der Waals surface area contributed by atoms with Crippen molar-refractivity contribution in [2.24, 2.45) is 0 Å². The molecular formula is C7H5Cl2N. The minimum Gasteiger partial charge on any atom is -0.196 e. The Morgan fingerprint density at radius 1 is 1.70 bits per heavy atom. The Labute approximate surface area is 69.5 Å². The number of hydrogen-bond acceptors (Lipinski definition) is 1. The summed E-state index contributed by atoms with van der Waals surface area (Å²) in [4.78, 5) is -0.863. The van der Waals surface area contributed by atoms with Crippen LogP contribution in [0.1, 0.15) is 6.42 Å². The summed E-state index contributed by atoms with van der Waals surface area (Å²) in [5, 5.41) is 9.18. The van der Waals surface area contributed by atoms with Crippen molar-refractivity contribution in [3.05, 3.63) is 23.3 Å². The van der Waals surface area contributed by atoms with Crippen molar-refractivity contribution >= 4 is 23.2 Å². The molecule has 10 heavy (non-hydrogen) atoms. The van der Waals surface area contributed by atoms with Crippen molar-refractivity contribution in [2.45, 2.75) is 11.3 Å². The van der Waals surface area contributed by atoms with Gasteiger partial charge < -0.3 is 0 Å². The molecular weight excluding hydrogens is 169 g/mol. The molecule has 0 saturated carbocycles. The van der Waals surface area contributed by atoms with Crippen LogP contribution >= 0.6 is 23.2 Å². The third-order valence-corrected chi connectivity index (χ3v) is 1.93. The van der Waals surface area contributed by atoms with Gasteiger partial charge in [-0.25, -0.2) is 0 Å². The monoisotopic (exact) mass is 173 g/mol. The maximum atomic E-state index is 8.53. The van der Waals surface area contributed by atoms with Gasteiger partial charge >= 0.3 is 0 Å². The van der Waals surface area contributed by atoms with Crippen LogP contribution in [-0.2, 0) is 0 Å². The number of hydrogen-bond donors (Lipinski definition) is 0. The summed E-state index contributed by atoms with van der Waals surface area (Å²) < 4.78 is 0. The Balaban J connectivity index is 2.80. The number of halogens is 2. The first-order chi connectivity index (χ1) is 4.66. The van der Waals surface area contributed by atoms with E-state index in [-0.39, 0.29) is 0 Å². The van der Waals surface area contributed by atoms with E-state index >= 15 is 0 Å². The number of nitriles is 1. The fraction of sp³-hybridized carbons (Fsp3) is 0.286. The lowest BCUT2D eigenvalue weighted by molar-refractivity contribution is 0.878. The minimum atomic E-state index is -0.863. The highest BCUT2D eigenvalue weighted by molar-refractivity contribution is 6.32. The van der Waals surface area contributed by atoms with E-state index in [0.717, 1.165) is 0 Å². The van der Waals surface area contributed by atoms with Crippen molar-refractivity contribution in [1.82, 2.24) is 0 Å². The lowest BCUT2D eigenvalue weighted by atomic mass is 10.0. The standard InChI is InChI=1S/C7H5Cl2N/c8-6-1-3-7(9,5-10)4-2-6/h1-3H,4H2. The average Bonchev–Trinajstić information content (AvgIpc) is 1.96. The smallest absolute Gasteiger partial charge is 0.152 e. The van der Waals surface area contributed by atoms with Crippen LogP contribution in [0.2, 0.25) is 0 Å². The van der Waals surface area contributed by atoms with Crippen molar-refractivity contribution in [3.63, 3.8) is 0 Å². The molecule has 0 heterocycles. The normalized spacial score (nSPS) is 31.1. The van der Waals surface area contributed by atoms with Gasteiger partial charge in [-0.3, -0.25) is 0 Å². The molecule has 0 aromatic carbocycles. The highest BCUT2D eigenvalue weighted by atomic mass is 35.5. The topological polar surface area (TPSA) is 23.8 Å². The second kappa shape index (κ2) is 2.65. The van der Waals surface area contributed by atoms with Crippen LogP contribution in [0.15, 0.2) is 23.3 Å². The van der Waals surface area contributed by atoms with E-state index in [1.807, 2.05) is 6.07 Å². The molecule has 1 aliphatic rings. The van der Waals surface area contributed by atoms with Crippen LogP contribution in [0, 0.1) is 11.3 Å². The van der Waals surface area contributed by atoms with Gasteiger partial charge in [0.25, 0.3) is 0 Å². The van der Waals surface area contributed by atoms with Gasteiger partial charge in [0, 0.05) is 11.5 Å². The van der Waals surface area contributed by atoms with E-state index in [0.29, 0.717) is 11.5 Å². The molecule has 0 aliphatic heterocycles. The molecule has 0 aromatic heterocycles.